The fourth-order valence-electron chi connectivity index (χ4n) is 3.38. The number of hydrogen-bond donors (Lipinski definition) is 1. The molecule has 0 spiro atoms. The molecular weight excluding hydrogens is 435 g/mol. The molecule has 2 aliphatic heterocycles. The molecule has 1 aromatic heterocycles. The van der Waals surface area contributed by atoms with Crippen LogP contribution in [0.4, 0.5) is 0 Å². The highest BCUT2D eigenvalue weighted by molar-refractivity contribution is 14.0. The topological polar surface area (TPSA) is 40.1 Å². The molecule has 1 N–H and O–H groups in total. The lowest BCUT2D eigenvalue weighted by molar-refractivity contribution is 0.0195. The van der Waals surface area contributed by atoms with E-state index >= 15 is 0 Å². The Kier molecular flexibility index (Phi) is 8.25. The summed E-state index contributed by atoms with van der Waals surface area (Å²) in [5.74, 6) is 1.03. The Morgan fingerprint density at radius 2 is 2.04 bits per heavy atom. The number of nitrogens with one attached hydrogen (secondary N) is 1. The van der Waals surface area contributed by atoms with Gasteiger partial charge in [-0.15, -0.1) is 35.3 Å². The fourth-order valence-corrected chi connectivity index (χ4v) is 4.28. The van der Waals surface area contributed by atoms with E-state index in [1.807, 2.05) is 18.4 Å². The normalized spacial score (nSPS) is 22.5. The molecule has 7 heteroatoms. The molecule has 1 atom stereocenters. The Morgan fingerprint density at radius 1 is 1.29 bits per heavy atom. The van der Waals surface area contributed by atoms with Crippen molar-refractivity contribution in [1.29, 1.82) is 0 Å². The molecule has 2 fully saturated rings. The summed E-state index contributed by atoms with van der Waals surface area (Å²) in [6.07, 6.45) is 2.34. The highest BCUT2D eigenvalue weighted by atomic mass is 127. The zero-order valence-electron chi connectivity index (χ0n) is 14.7. The first-order valence-electron chi connectivity index (χ1n) is 8.65. The van der Waals surface area contributed by atoms with Crippen LogP contribution in [0.25, 0.3) is 0 Å². The summed E-state index contributed by atoms with van der Waals surface area (Å²) in [7, 11) is 1.89. The van der Waals surface area contributed by atoms with Crippen LogP contribution >= 0.6 is 35.3 Å². The van der Waals surface area contributed by atoms with Gasteiger partial charge < -0.3 is 15.0 Å². The molecular formula is C17H29IN4OS. The van der Waals surface area contributed by atoms with Gasteiger partial charge in [0.25, 0.3) is 0 Å². The number of nitrogens with zero attached hydrogens (tertiary/aromatic N) is 3. The number of rotatable bonds is 4. The summed E-state index contributed by atoms with van der Waals surface area (Å²) in [6, 6.07) is 5.10. The van der Waals surface area contributed by atoms with E-state index in [0.717, 1.165) is 58.3 Å². The zero-order chi connectivity index (χ0) is 16.1. The van der Waals surface area contributed by atoms with E-state index < -0.39 is 0 Å². The van der Waals surface area contributed by atoms with Gasteiger partial charge in [-0.1, -0.05) is 6.92 Å². The Balaban J connectivity index is 0.00000208. The van der Waals surface area contributed by atoms with Gasteiger partial charge in [0.2, 0.25) is 0 Å². The molecule has 24 heavy (non-hydrogen) atoms. The van der Waals surface area contributed by atoms with Crippen molar-refractivity contribution in [3.05, 3.63) is 21.9 Å². The van der Waals surface area contributed by atoms with E-state index in [1.54, 1.807) is 0 Å². The lowest BCUT2D eigenvalue weighted by Gasteiger charge is -2.32. The number of likely N-dealkylation sites (tertiary alicyclic amines) is 1. The lowest BCUT2D eigenvalue weighted by Crippen LogP contribution is -2.46. The van der Waals surface area contributed by atoms with Crippen molar-refractivity contribution in [2.45, 2.75) is 32.4 Å². The third kappa shape index (κ3) is 5.06. The second-order valence-corrected chi connectivity index (χ2v) is 7.41. The number of ether oxygens (including phenoxy) is 1. The van der Waals surface area contributed by atoms with Gasteiger partial charge in [0.05, 0.1) is 19.8 Å². The van der Waals surface area contributed by atoms with Crippen LogP contribution in [-0.2, 0) is 17.7 Å². The average molecular weight is 464 g/mol. The smallest absolute Gasteiger partial charge is 0.193 e. The van der Waals surface area contributed by atoms with Gasteiger partial charge in [0.15, 0.2) is 5.96 Å². The number of hydrogen-bond acceptors (Lipinski definition) is 4. The van der Waals surface area contributed by atoms with Crippen molar-refractivity contribution in [3.63, 3.8) is 0 Å². The maximum Gasteiger partial charge on any atom is 0.193 e. The molecule has 1 aromatic rings. The van der Waals surface area contributed by atoms with E-state index in [0.29, 0.717) is 6.04 Å². The number of guanidine groups is 1. The predicted molar refractivity (Wildman–Crippen MR) is 112 cm³/mol. The maximum atomic E-state index is 5.46. The Hall–Kier alpha value is -0.380. The molecule has 2 saturated heterocycles. The first-order chi connectivity index (χ1) is 11.3. The van der Waals surface area contributed by atoms with Crippen LogP contribution in [0.15, 0.2) is 17.1 Å². The van der Waals surface area contributed by atoms with Gasteiger partial charge in [-0.25, -0.2) is 0 Å². The quantitative estimate of drug-likeness (QED) is 0.422. The van der Waals surface area contributed by atoms with Crippen molar-refractivity contribution < 1.29 is 4.74 Å². The Bertz CT molecular complexity index is 530. The third-order valence-electron chi connectivity index (χ3n) is 4.72. The molecule has 5 nitrogen and oxygen atoms in total. The lowest BCUT2D eigenvalue weighted by atomic mass is 10.2. The predicted octanol–water partition coefficient (Wildman–Crippen LogP) is 2.41. The molecule has 2 aliphatic rings. The molecule has 3 heterocycles. The largest absolute Gasteiger partial charge is 0.379 e. The third-order valence-corrected chi connectivity index (χ3v) is 5.95. The minimum absolute atomic E-state index is 0. The molecule has 1 unspecified atom stereocenters. The van der Waals surface area contributed by atoms with Crippen molar-refractivity contribution >= 4 is 41.3 Å². The van der Waals surface area contributed by atoms with Crippen LogP contribution in [0.2, 0.25) is 0 Å². The monoisotopic (exact) mass is 464 g/mol. The molecule has 0 saturated carbocycles. The highest BCUT2D eigenvalue weighted by Gasteiger charge is 2.30. The van der Waals surface area contributed by atoms with Crippen LogP contribution in [0, 0.1) is 0 Å². The number of aliphatic imine (C=N–C) groups is 1. The van der Waals surface area contributed by atoms with E-state index in [2.05, 4.69) is 39.2 Å². The minimum atomic E-state index is 0. The molecule has 0 radical (unpaired) electrons. The minimum Gasteiger partial charge on any atom is -0.379 e. The number of halogens is 1. The standard InChI is InChI=1S/C17H28N4OS.HI/c1-3-15-4-5-16(23-15)12-19-17(18-2)21-7-6-14(13-21)20-8-10-22-11-9-20;/h4-5,14H,3,6-13H2,1-2H3,(H,18,19);1H. The van der Waals surface area contributed by atoms with E-state index in [-0.39, 0.29) is 24.0 Å². The summed E-state index contributed by atoms with van der Waals surface area (Å²) in [4.78, 5) is 12.3. The molecule has 0 bridgehead atoms. The first-order valence-corrected chi connectivity index (χ1v) is 9.46. The van der Waals surface area contributed by atoms with Crippen LogP contribution in [0.3, 0.4) is 0 Å². The number of morpholine rings is 1. The summed E-state index contributed by atoms with van der Waals surface area (Å²) in [5, 5.41) is 3.53. The summed E-state index contributed by atoms with van der Waals surface area (Å²) >= 11 is 1.89. The average Bonchev–Trinajstić information content (AvgIpc) is 3.26. The zero-order valence-corrected chi connectivity index (χ0v) is 17.8. The van der Waals surface area contributed by atoms with Crippen molar-refractivity contribution in [2.24, 2.45) is 4.99 Å². The molecule has 136 valence electrons. The van der Waals surface area contributed by atoms with Gasteiger partial charge >= 0.3 is 0 Å². The molecule has 0 amide bonds. The van der Waals surface area contributed by atoms with Crippen molar-refractivity contribution in [3.8, 4) is 0 Å². The highest BCUT2D eigenvalue weighted by Crippen LogP contribution is 2.19. The summed E-state index contributed by atoms with van der Waals surface area (Å²) < 4.78 is 5.46. The van der Waals surface area contributed by atoms with Gasteiger partial charge in [-0.3, -0.25) is 9.89 Å². The second-order valence-electron chi connectivity index (χ2n) is 6.16. The van der Waals surface area contributed by atoms with Crippen molar-refractivity contribution in [2.75, 3.05) is 46.4 Å². The van der Waals surface area contributed by atoms with E-state index in [4.69, 9.17) is 4.74 Å². The van der Waals surface area contributed by atoms with Gasteiger partial charge in [0, 0.05) is 49.0 Å². The summed E-state index contributed by atoms with van der Waals surface area (Å²) in [6.45, 7) is 9.13. The van der Waals surface area contributed by atoms with Crippen LogP contribution in [0.5, 0.6) is 0 Å². The second kappa shape index (κ2) is 9.94. The van der Waals surface area contributed by atoms with Crippen molar-refractivity contribution in [1.82, 2.24) is 15.1 Å². The van der Waals surface area contributed by atoms with Crippen LogP contribution in [-0.4, -0.2) is 68.2 Å². The summed E-state index contributed by atoms with van der Waals surface area (Å²) in [5.41, 5.74) is 0. The maximum absolute atomic E-state index is 5.46. The van der Waals surface area contributed by atoms with E-state index in [1.165, 1.54) is 16.2 Å². The Labute approximate surface area is 166 Å². The fraction of sp³-hybridized carbons (Fsp3) is 0.706. The molecule has 0 aromatic carbocycles. The van der Waals surface area contributed by atoms with E-state index in [9.17, 15) is 0 Å². The van der Waals surface area contributed by atoms with Gasteiger partial charge in [-0.05, 0) is 25.0 Å². The molecule has 3 rings (SSSR count). The van der Waals surface area contributed by atoms with Crippen LogP contribution in [0.1, 0.15) is 23.1 Å². The SMILES string of the molecule is CCc1ccc(CNC(=NC)N2CCC(N3CCOCC3)C2)s1.I. The van der Waals surface area contributed by atoms with Gasteiger partial charge in [0.1, 0.15) is 0 Å². The number of aryl methyl sites for hydroxylation is 1. The van der Waals surface area contributed by atoms with Crippen LogP contribution < -0.4 is 5.32 Å². The molecule has 0 aliphatic carbocycles. The first kappa shape index (κ1) is 19.9. The number of thiophene rings is 1. The van der Waals surface area contributed by atoms with Gasteiger partial charge in [-0.2, -0.15) is 0 Å². The Morgan fingerprint density at radius 3 is 2.71 bits per heavy atom.